The van der Waals surface area contributed by atoms with E-state index in [9.17, 15) is 19.8 Å². The molecule has 0 aliphatic heterocycles. The molecule has 1 aromatic carbocycles. The summed E-state index contributed by atoms with van der Waals surface area (Å²) in [6.45, 7) is 4.34. The molecule has 3 atom stereocenters. The first-order valence-corrected chi connectivity index (χ1v) is 8.71. The number of hydrogen-bond acceptors (Lipinski definition) is 5. The smallest absolute Gasteiger partial charge is 0.159 e. The van der Waals surface area contributed by atoms with Gasteiger partial charge in [-0.05, 0) is 44.7 Å². The number of benzene rings is 1. The summed E-state index contributed by atoms with van der Waals surface area (Å²) < 4.78 is 0. The summed E-state index contributed by atoms with van der Waals surface area (Å²) in [6.07, 6.45) is 1.87. The Morgan fingerprint density at radius 3 is 2.22 bits per heavy atom. The van der Waals surface area contributed by atoms with Gasteiger partial charge in [-0.15, -0.1) is 11.8 Å². The van der Waals surface area contributed by atoms with Crippen molar-refractivity contribution >= 4 is 23.3 Å². The van der Waals surface area contributed by atoms with Crippen LogP contribution in [-0.4, -0.2) is 33.6 Å². The molecule has 1 aromatic rings. The van der Waals surface area contributed by atoms with Crippen molar-refractivity contribution in [3.05, 3.63) is 41.2 Å². The van der Waals surface area contributed by atoms with Gasteiger partial charge in [0.25, 0.3) is 0 Å². The first-order valence-electron chi connectivity index (χ1n) is 7.48. The fraction of sp³-hybridized carbons (Fsp3) is 0.444. The number of ketones is 2. The number of aliphatic hydroxyl groups excluding tert-OH is 1. The molecule has 1 aliphatic rings. The van der Waals surface area contributed by atoms with Crippen molar-refractivity contribution in [2.24, 2.45) is 5.92 Å². The Balaban J connectivity index is 2.65. The summed E-state index contributed by atoms with van der Waals surface area (Å²) in [5, 5.41) is 21.0. The Labute approximate surface area is 140 Å². The zero-order valence-corrected chi connectivity index (χ0v) is 14.6. The molecule has 2 N–H and O–H groups in total. The van der Waals surface area contributed by atoms with Gasteiger partial charge in [-0.25, -0.2) is 0 Å². The van der Waals surface area contributed by atoms with Gasteiger partial charge >= 0.3 is 0 Å². The van der Waals surface area contributed by atoms with E-state index in [0.717, 1.165) is 10.5 Å². The number of thioether (sulfide) groups is 1. The van der Waals surface area contributed by atoms with E-state index in [1.807, 2.05) is 30.5 Å². The highest BCUT2D eigenvalue weighted by molar-refractivity contribution is 7.98. The maximum Gasteiger partial charge on any atom is 0.159 e. The maximum absolute atomic E-state index is 12.2. The lowest BCUT2D eigenvalue weighted by atomic mass is 9.64. The average molecular weight is 334 g/mol. The fourth-order valence-electron chi connectivity index (χ4n) is 3.51. The van der Waals surface area contributed by atoms with Crippen LogP contribution in [0, 0.1) is 5.92 Å². The summed E-state index contributed by atoms with van der Waals surface area (Å²) in [5.74, 6) is -2.00. The van der Waals surface area contributed by atoms with Crippen LogP contribution in [0.2, 0.25) is 0 Å². The van der Waals surface area contributed by atoms with Crippen molar-refractivity contribution in [2.45, 2.75) is 43.6 Å². The van der Waals surface area contributed by atoms with Gasteiger partial charge in [-0.1, -0.05) is 12.1 Å². The highest BCUT2D eigenvalue weighted by Gasteiger charge is 2.49. The minimum Gasteiger partial charge on any atom is -0.512 e. The standard InChI is InChI=1S/C18H22O4S/c1-10(19)15-14(21)9-18(3,22)17(11(2)20)16(15)12-5-7-13(23-4)8-6-12/h5-8,16-17,21-22H,9H2,1-4H3/t16-,17-,18-/m0/s1. The molecule has 23 heavy (non-hydrogen) atoms. The number of carbonyl (C=O) groups excluding carboxylic acids is 2. The van der Waals surface area contributed by atoms with E-state index in [1.165, 1.54) is 20.8 Å². The Bertz CT molecular complexity index is 658. The summed E-state index contributed by atoms with van der Waals surface area (Å²) in [5.41, 5.74) is -0.411. The van der Waals surface area contributed by atoms with Gasteiger partial charge in [-0.2, -0.15) is 0 Å². The van der Waals surface area contributed by atoms with Crippen molar-refractivity contribution in [1.82, 2.24) is 0 Å². The molecule has 1 aliphatic carbocycles. The molecular formula is C18H22O4S. The number of carbonyl (C=O) groups is 2. The second-order valence-corrected chi connectivity index (χ2v) is 7.17. The molecule has 5 heteroatoms. The van der Waals surface area contributed by atoms with Crippen LogP contribution in [0.5, 0.6) is 0 Å². The van der Waals surface area contributed by atoms with Crippen molar-refractivity contribution < 1.29 is 19.8 Å². The van der Waals surface area contributed by atoms with E-state index in [2.05, 4.69) is 0 Å². The maximum atomic E-state index is 12.2. The van der Waals surface area contributed by atoms with E-state index < -0.39 is 17.4 Å². The normalized spacial score (nSPS) is 27.9. The zero-order chi connectivity index (χ0) is 17.4. The molecule has 2 rings (SSSR count). The number of rotatable bonds is 4. The van der Waals surface area contributed by atoms with Gasteiger partial charge < -0.3 is 10.2 Å². The molecule has 124 valence electrons. The summed E-state index contributed by atoms with van der Waals surface area (Å²) in [6, 6.07) is 7.53. The Kier molecular flexibility index (Phi) is 5.01. The van der Waals surface area contributed by atoms with Crippen LogP contribution in [0.1, 0.15) is 38.7 Å². The molecular weight excluding hydrogens is 312 g/mol. The van der Waals surface area contributed by atoms with Crippen LogP contribution in [0.25, 0.3) is 0 Å². The second-order valence-electron chi connectivity index (χ2n) is 6.29. The monoisotopic (exact) mass is 334 g/mol. The minimum atomic E-state index is -1.39. The predicted octanol–water partition coefficient (Wildman–Crippen LogP) is 3.25. The number of allylic oxidation sites excluding steroid dienone is 1. The number of aliphatic hydroxyl groups is 2. The number of Topliss-reactive ketones (excluding diaryl/α,β-unsaturated/α-hetero) is 2. The van der Waals surface area contributed by atoms with E-state index >= 15 is 0 Å². The molecule has 0 fully saturated rings. The summed E-state index contributed by atoms with van der Waals surface area (Å²) in [4.78, 5) is 25.4. The quantitative estimate of drug-likeness (QED) is 0.827. The average Bonchev–Trinajstić information content (AvgIpc) is 2.44. The van der Waals surface area contributed by atoms with Crippen LogP contribution in [-0.2, 0) is 9.59 Å². The molecule has 0 aromatic heterocycles. The minimum absolute atomic E-state index is 0.0917. The van der Waals surface area contributed by atoms with E-state index in [1.54, 1.807) is 11.8 Å². The van der Waals surface area contributed by atoms with Crippen molar-refractivity contribution in [3.8, 4) is 0 Å². The van der Waals surface area contributed by atoms with Gasteiger partial charge in [0, 0.05) is 22.8 Å². The molecule has 0 bridgehead atoms. The van der Waals surface area contributed by atoms with E-state index in [4.69, 9.17) is 0 Å². The first kappa shape index (κ1) is 17.8. The van der Waals surface area contributed by atoms with Gasteiger partial charge in [0.15, 0.2) is 5.78 Å². The Hall–Kier alpha value is -1.59. The Morgan fingerprint density at radius 2 is 1.78 bits per heavy atom. The second kappa shape index (κ2) is 6.49. The largest absolute Gasteiger partial charge is 0.512 e. The Morgan fingerprint density at radius 1 is 1.22 bits per heavy atom. The summed E-state index contributed by atoms with van der Waals surface area (Å²) in [7, 11) is 0. The van der Waals surface area contributed by atoms with Crippen molar-refractivity contribution in [3.63, 3.8) is 0 Å². The van der Waals surface area contributed by atoms with Crippen LogP contribution in [0.15, 0.2) is 40.5 Å². The predicted molar refractivity (Wildman–Crippen MR) is 90.7 cm³/mol. The lowest BCUT2D eigenvalue weighted by Gasteiger charge is -2.42. The first-order chi connectivity index (χ1) is 10.7. The molecule has 4 nitrogen and oxygen atoms in total. The lowest BCUT2D eigenvalue weighted by Crippen LogP contribution is -2.47. The van der Waals surface area contributed by atoms with Gasteiger partial charge in [0.2, 0.25) is 0 Å². The third-order valence-electron chi connectivity index (χ3n) is 4.44. The van der Waals surface area contributed by atoms with Crippen molar-refractivity contribution in [2.75, 3.05) is 6.26 Å². The van der Waals surface area contributed by atoms with Crippen LogP contribution in [0.3, 0.4) is 0 Å². The molecule has 0 saturated heterocycles. The van der Waals surface area contributed by atoms with Crippen molar-refractivity contribution in [1.29, 1.82) is 0 Å². The van der Waals surface area contributed by atoms with Gasteiger partial charge in [-0.3, -0.25) is 9.59 Å². The number of hydrogen-bond donors (Lipinski definition) is 2. The molecule has 0 amide bonds. The fourth-order valence-corrected chi connectivity index (χ4v) is 3.92. The SMILES string of the molecule is CSc1ccc([C@H]2C(C(C)=O)=C(O)C[C@](C)(O)[C@H]2C(C)=O)cc1. The van der Waals surface area contributed by atoms with Gasteiger partial charge in [0.1, 0.15) is 11.5 Å². The van der Waals surface area contributed by atoms with Crippen LogP contribution >= 0.6 is 11.8 Å². The van der Waals surface area contributed by atoms with Crippen LogP contribution in [0.4, 0.5) is 0 Å². The third kappa shape index (κ3) is 3.35. The third-order valence-corrected chi connectivity index (χ3v) is 5.19. The zero-order valence-electron chi connectivity index (χ0n) is 13.8. The summed E-state index contributed by atoms with van der Waals surface area (Å²) >= 11 is 1.59. The molecule has 0 unspecified atom stereocenters. The topological polar surface area (TPSA) is 74.6 Å². The molecule has 0 saturated carbocycles. The highest BCUT2D eigenvalue weighted by Crippen LogP contribution is 2.47. The van der Waals surface area contributed by atoms with Gasteiger partial charge in [0.05, 0.1) is 11.5 Å². The molecule has 0 spiro atoms. The van der Waals surface area contributed by atoms with E-state index in [-0.39, 0.29) is 29.3 Å². The highest BCUT2D eigenvalue weighted by atomic mass is 32.2. The lowest BCUT2D eigenvalue weighted by molar-refractivity contribution is -0.132. The molecule has 0 radical (unpaired) electrons. The molecule has 0 heterocycles. The van der Waals surface area contributed by atoms with Crippen LogP contribution < -0.4 is 0 Å². The van der Waals surface area contributed by atoms with E-state index in [0.29, 0.717) is 0 Å².